The molecule has 0 spiro atoms. The van der Waals surface area contributed by atoms with Gasteiger partial charge in [-0.1, -0.05) is 30.3 Å². The second-order valence-corrected chi connectivity index (χ2v) is 9.73. The fraction of sp³-hybridized carbons (Fsp3) is 0.300. The number of amides is 4. The molecule has 246 valence electrons. The van der Waals surface area contributed by atoms with Crippen molar-refractivity contribution in [3.63, 3.8) is 0 Å². The van der Waals surface area contributed by atoms with Crippen molar-refractivity contribution in [1.82, 2.24) is 16.0 Å². The monoisotopic (exact) mass is 639 g/mol. The van der Waals surface area contributed by atoms with Crippen LogP contribution >= 0.6 is 0 Å². The summed E-state index contributed by atoms with van der Waals surface area (Å²) >= 11 is 0. The van der Waals surface area contributed by atoms with E-state index in [-0.39, 0.29) is 25.5 Å². The van der Waals surface area contributed by atoms with E-state index >= 15 is 0 Å². The zero-order chi connectivity index (χ0) is 34.1. The zero-order valence-corrected chi connectivity index (χ0v) is 25.3. The van der Waals surface area contributed by atoms with Gasteiger partial charge in [-0.2, -0.15) is 0 Å². The van der Waals surface area contributed by atoms with Crippen LogP contribution in [0.1, 0.15) is 30.9 Å². The van der Waals surface area contributed by atoms with Gasteiger partial charge in [-0.25, -0.2) is 9.59 Å². The number of aliphatic imine (C=N–C) groups is 1. The molecule has 1 heterocycles. The Morgan fingerprint density at radius 3 is 2.33 bits per heavy atom. The second-order valence-electron chi connectivity index (χ2n) is 9.73. The number of nitrogens with two attached hydrogens (primary N) is 2. The number of anilines is 1. The Morgan fingerprint density at radius 2 is 1.65 bits per heavy atom. The lowest BCUT2D eigenvalue weighted by atomic mass is 10.1. The van der Waals surface area contributed by atoms with Gasteiger partial charge in [0, 0.05) is 36.7 Å². The molecule has 9 N–H and O–H groups in total. The van der Waals surface area contributed by atoms with Crippen molar-refractivity contribution in [2.45, 2.75) is 39.3 Å². The third-order valence-corrected chi connectivity index (χ3v) is 5.87. The summed E-state index contributed by atoms with van der Waals surface area (Å²) < 4.78 is 10.3. The summed E-state index contributed by atoms with van der Waals surface area (Å²) in [5.74, 6) is -2.76. The minimum Gasteiger partial charge on any atom is -0.481 e. The standard InChI is InChI=1S/C28H33N7O7.C2H4O2/c1-17-12-25(38)42-22-13-19(9-10-20(17)22)34-26(39)21(8-5-11-31-27(29)30)35-24(37)15-32-23(36)14-33-28(40)41-16-18-6-3-2-4-7-18;1-2(3)4/h2-4,6-7,9-10,12-13,21H,5,8,11,14-16H2,1H3,(H,32,36)(H,33,40)(H,34,39)(H,35,37)(H4,29,30,31);1H3,(H,3,4)/t21-;/m1./s1. The average Bonchev–Trinajstić information content (AvgIpc) is 2.99. The molecule has 0 aliphatic rings. The van der Waals surface area contributed by atoms with Crippen molar-refractivity contribution in [3.05, 3.63) is 76.1 Å². The number of carbonyl (C=O) groups is 5. The minimum atomic E-state index is -1.00. The molecule has 0 saturated carbocycles. The molecule has 1 atom stereocenters. The number of carboxylic acids is 1. The molecule has 3 aromatic rings. The summed E-state index contributed by atoms with van der Waals surface area (Å²) in [7, 11) is 0. The van der Waals surface area contributed by atoms with Crippen molar-refractivity contribution in [2.75, 3.05) is 25.0 Å². The Bertz CT molecular complexity index is 1600. The maximum Gasteiger partial charge on any atom is 0.407 e. The van der Waals surface area contributed by atoms with Crippen LogP contribution in [0.5, 0.6) is 0 Å². The highest BCUT2D eigenvalue weighted by molar-refractivity contribution is 5.99. The largest absolute Gasteiger partial charge is 0.481 e. The van der Waals surface area contributed by atoms with Gasteiger partial charge in [-0.15, -0.1) is 0 Å². The number of aliphatic carboxylic acids is 1. The topological polar surface area (TPSA) is 258 Å². The lowest BCUT2D eigenvalue weighted by Crippen LogP contribution is -2.48. The SMILES string of the molecule is CC(=O)O.Cc1cc(=O)oc2cc(NC(=O)[C@@H](CCCN=C(N)N)NC(=O)CNC(=O)CNC(=O)OCc3ccccc3)ccc12. The number of benzene rings is 2. The maximum atomic E-state index is 13.1. The molecule has 3 rings (SSSR count). The third kappa shape index (κ3) is 14.0. The summed E-state index contributed by atoms with van der Waals surface area (Å²) in [6.07, 6.45) is -0.249. The predicted octanol–water partition coefficient (Wildman–Crippen LogP) is 0.712. The Hall–Kier alpha value is -5.93. The van der Waals surface area contributed by atoms with E-state index in [9.17, 15) is 24.0 Å². The van der Waals surface area contributed by atoms with Gasteiger partial charge in [0.1, 0.15) is 24.8 Å². The van der Waals surface area contributed by atoms with Gasteiger partial charge in [0.25, 0.3) is 5.97 Å². The quantitative estimate of drug-likeness (QED) is 0.0593. The molecule has 0 aliphatic heterocycles. The molecule has 0 bridgehead atoms. The number of carbonyl (C=O) groups excluding carboxylic acids is 4. The van der Waals surface area contributed by atoms with Crippen LogP contribution in [0.25, 0.3) is 11.0 Å². The number of guanidine groups is 1. The number of aryl methyl sites for hydroxylation is 1. The molecule has 1 aromatic heterocycles. The number of nitrogens with one attached hydrogen (secondary N) is 4. The van der Waals surface area contributed by atoms with E-state index in [0.717, 1.165) is 18.1 Å². The van der Waals surface area contributed by atoms with E-state index in [1.807, 2.05) is 6.07 Å². The number of alkyl carbamates (subject to hydrolysis) is 1. The van der Waals surface area contributed by atoms with Crippen molar-refractivity contribution in [3.8, 4) is 0 Å². The van der Waals surface area contributed by atoms with Crippen LogP contribution in [-0.2, 0) is 30.5 Å². The number of nitrogens with zero attached hydrogens (tertiary/aromatic N) is 1. The summed E-state index contributed by atoms with van der Waals surface area (Å²) in [6.45, 7) is 2.26. The Balaban J connectivity index is 0.00000173. The minimum absolute atomic E-state index is 0.0383. The second kappa shape index (κ2) is 18.7. The normalized spacial score (nSPS) is 10.7. The molecular formula is C30H37N7O9. The van der Waals surface area contributed by atoms with E-state index in [4.69, 9.17) is 30.5 Å². The first kappa shape index (κ1) is 36.3. The molecule has 46 heavy (non-hydrogen) atoms. The lowest BCUT2D eigenvalue weighted by Gasteiger charge is -2.19. The van der Waals surface area contributed by atoms with Crippen LogP contribution in [0.2, 0.25) is 0 Å². The predicted molar refractivity (Wildman–Crippen MR) is 169 cm³/mol. The molecule has 0 fully saturated rings. The highest BCUT2D eigenvalue weighted by Gasteiger charge is 2.21. The van der Waals surface area contributed by atoms with Crippen molar-refractivity contribution < 1.29 is 38.2 Å². The molecule has 0 unspecified atom stereocenters. The number of rotatable bonds is 13. The number of hydrogen-bond donors (Lipinski definition) is 7. The fourth-order valence-corrected chi connectivity index (χ4v) is 3.82. The molecule has 0 aliphatic carbocycles. The molecule has 16 heteroatoms. The lowest BCUT2D eigenvalue weighted by molar-refractivity contribution is -0.134. The number of fused-ring (bicyclic) bond motifs is 1. The molecule has 0 saturated heterocycles. The van der Waals surface area contributed by atoms with Gasteiger partial charge in [-0.05, 0) is 43.0 Å². The number of ether oxygens (including phenoxy) is 1. The van der Waals surface area contributed by atoms with Gasteiger partial charge >= 0.3 is 11.7 Å². The Kier molecular flexibility index (Phi) is 14.7. The van der Waals surface area contributed by atoms with E-state index in [1.54, 1.807) is 43.3 Å². The van der Waals surface area contributed by atoms with Crippen LogP contribution in [0.3, 0.4) is 0 Å². The molecule has 0 radical (unpaired) electrons. The average molecular weight is 640 g/mol. The first-order chi connectivity index (χ1) is 21.8. The van der Waals surface area contributed by atoms with Gasteiger partial charge in [0.2, 0.25) is 17.7 Å². The summed E-state index contributed by atoms with van der Waals surface area (Å²) in [4.78, 5) is 74.2. The van der Waals surface area contributed by atoms with E-state index in [1.165, 1.54) is 12.1 Å². The Morgan fingerprint density at radius 1 is 0.978 bits per heavy atom. The fourth-order valence-electron chi connectivity index (χ4n) is 3.82. The smallest absolute Gasteiger partial charge is 0.407 e. The van der Waals surface area contributed by atoms with Crippen LogP contribution in [0.4, 0.5) is 10.5 Å². The highest BCUT2D eigenvalue weighted by Crippen LogP contribution is 2.21. The van der Waals surface area contributed by atoms with Crippen molar-refractivity contribution in [1.29, 1.82) is 0 Å². The van der Waals surface area contributed by atoms with Gasteiger partial charge in [-0.3, -0.25) is 24.2 Å². The van der Waals surface area contributed by atoms with Crippen LogP contribution in [-0.4, -0.2) is 66.5 Å². The number of carboxylic acid groups (broad SMARTS) is 1. The highest BCUT2D eigenvalue weighted by atomic mass is 16.5. The van der Waals surface area contributed by atoms with Gasteiger partial charge in [0.05, 0.1) is 6.54 Å². The molecule has 16 nitrogen and oxygen atoms in total. The van der Waals surface area contributed by atoms with Gasteiger partial charge < -0.3 is 47.0 Å². The maximum absolute atomic E-state index is 13.1. The number of hydrogen-bond acceptors (Lipinski definition) is 9. The third-order valence-electron chi connectivity index (χ3n) is 5.87. The first-order valence-corrected chi connectivity index (χ1v) is 13.9. The van der Waals surface area contributed by atoms with Crippen LogP contribution in [0, 0.1) is 6.92 Å². The van der Waals surface area contributed by atoms with E-state index in [2.05, 4.69) is 26.3 Å². The summed E-state index contributed by atoms with van der Waals surface area (Å²) in [5.41, 5.74) is 12.3. The first-order valence-electron chi connectivity index (χ1n) is 13.9. The van der Waals surface area contributed by atoms with Crippen LogP contribution < -0.4 is 38.4 Å². The van der Waals surface area contributed by atoms with E-state index < -0.39 is 54.5 Å². The van der Waals surface area contributed by atoms with Crippen molar-refractivity contribution >= 4 is 52.4 Å². The van der Waals surface area contributed by atoms with Crippen LogP contribution in [0.15, 0.2) is 68.8 Å². The van der Waals surface area contributed by atoms with Gasteiger partial charge in [0.15, 0.2) is 5.96 Å². The summed E-state index contributed by atoms with van der Waals surface area (Å²) in [6, 6.07) is 14.2. The van der Waals surface area contributed by atoms with Crippen molar-refractivity contribution in [2.24, 2.45) is 16.5 Å². The Labute approximate surface area is 263 Å². The molecule has 2 aromatic carbocycles. The zero-order valence-electron chi connectivity index (χ0n) is 25.3. The molecule has 4 amide bonds. The summed E-state index contributed by atoms with van der Waals surface area (Å²) in [5, 5.41) is 18.1. The molecular weight excluding hydrogens is 602 g/mol. The van der Waals surface area contributed by atoms with E-state index in [0.29, 0.717) is 23.1 Å².